The first-order valence-electron chi connectivity index (χ1n) is 11.4. The van der Waals surface area contributed by atoms with Crippen molar-refractivity contribution in [2.24, 2.45) is 33.7 Å². The van der Waals surface area contributed by atoms with Crippen LogP contribution in [-0.2, 0) is 28.8 Å². The molecule has 0 aromatic heterocycles. The number of primary amides is 1. The van der Waals surface area contributed by atoms with Crippen molar-refractivity contribution in [3.05, 3.63) is 0 Å². The summed E-state index contributed by atoms with van der Waals surface area (Å²) in [6.07, 6.45) is -0.241. The Bertz CT molecular complexity index is 848. The number of carbonyl (C=O) groups is 6. The molecule has 15 N–H and O–H groups in total. The van der Waals surface area contributed by atoms with Crippen LogP contribution in [0.25, 0.3) is 0 Å². The molecule has 0 heterocycles. The van der Waals surface area contributed by atoms with Crippen LogP contribution in [0, 0.1) is 0 Å². The quantitative estimate of drug-likeness (QED) is 0.0427. The van der Waals surface area contributed by atoms with Crippen LogP contribution in [0.5, 0.6) is 0 Å². The van der Waals surface area contributed by atoms with E-state index in [4.69, 9.17) is 33.8 Å². The summed E-state index contributed by atoms with van der Waals surface area (Å²) in [5.74, 6) is -6.97. The van der Waals surface area contributed by atoms with Crippen molar-refractivity contribution in [2.75, 3.05) is 13.1 Å². The summed E-state index contributed by atoms with van der Waals surface area (Å²) in [5, 5.41) is 25.0. The van der Waals surface area contributed by atoms with E-state index in [-0.39, 0.29) is 25.3 Å². The third kappa shape index (κ3) is 14.9. The highest BCUT2D eigenvalue weighted by molar-refractivity contribution is 5.97. The zero-order chi connectivity index (χ0) is 28.5. The van der Waals surface area contributed by atoms with Gasteiger partial charge in [-0.05, 0) is 38.6 Å². The molecule has 0 bridgehead atoms. The number of nitrogens with two attached hydrogens (primary N) is 5. The number of nitrogens with one attached hydrogen (secondary N) is 3. The van der Waals surface area contributed by atoms with Crippen molar-refractivity contribution >= 4 is 41.5 Å². The van der Waals surface area contributed by atoms with E-state index < -0.39 is 72.6 Å². The lowest BCUT2D eigenvalue weighted by atomic mass is 10.1. The van der Waals surface area contributed by atoms with Gasteiger partial charge in [-0.3, -0.25) is 29.0 Å². The molecule has 0 saturated carbocycles. The molecule has 0 aliphatic heterocycles. The minimum atomic E-state index is -1.72. The van der Waals surface area contributed by atoms with E-state index in [1.54, 1.807) is 0 Å². The monoisotopic (exact) mass is 531 g/mol. The van der Waals surface area contributed by atoms with Gasteiger partial charge in [0.05, 0.1) is 18.9 Å². The Balaban J connectivity index is 5.41. The second-order valence-electron chi connectivity index (χ2n) is 8.13. The van der Waals surface area contributed by atoms with Crippen LogP contribution in [-0.4, -0.2) is 89.0 Å². The van der Waals surface area contributed by atoms with E-state index in [1.165, 1.54) is 0 Å². The third-order valence-electron chi connectivity index (χ3n) is 4.92. The Morgan fingerprint density at radius 2 is 1.27 bits per heavy atom. The lowest BCUT2D eigenvalue weighted by Gasteiger charge is -2.24. The summed E-state index contributed by atoms with van der Waals surface area (Å²) in [7, 11) is 0. The van der Waals surface area contributed by atoms with Gasteiger partial charge in [-0.25, -0.2) is 4.79 Å². The standard InChI is InChI=1S/C20H37N9O8/c21-6-2-1-5-11(19(36)37)27-18(35)13(9-15(31)32)29-17(34)12(8-14(23)30)28-16(33)10(22)4-3-7-26-20(24)25/h10-13H,1-9,21-22H2,(H2,23,30)(H,27,35)(H,28,33)(H,29,34)(H,31,32)(H,36,37)(H4,24,25,26). The number of guanidine groups is 1. The van der Waals surface area contributed by atoms with Gasteiger partial charge in [0.2, 0.25) is 23.6 Å². The molecule has 4 amide bonds. The number of aliphatic carboxylic acids is 2. The first-order valence-corrected chi connectivity index (χ1v) is 11.4. The Labute approximate surface area is 212 Å². The van der Waals surface area contributed by atoms with Gasteiger partial charge in [0.1, 0.15) is 18.1 Å². The maximum absolute atomic E-state index is 12.8. The minimum Gasteiger partial charge on any atom is -0.481 e. The van der Waals surface area contributed by atoms with Gasteiger partial charge in [-0.15, -0.1) is 0 Å². The molecule has 0 spiro atoms. The van der Waals surface area contributed by atoms with Crippen LogP contribution in [0.1, 0.15) is 44.9 Å². The zero-order valence-electron chi connectivity index (χ0n) is 20.4. The van der Waals surface area contributed by atoms with Gasteiger partial charge >= 0.3 is 11.9 Å². The number of hydrogen-bond donors (Lipinski definition) is 10. The summed E-state index contributed by atoms with van der Waals surface area (Å²) in [4.78, 5) is 75.7. The number of rotatable bonds is 19. The van der Waals surface area contributed by atoms with E-state index in [2.05, 4.69) is 20.9 Å². The van der Waals surface area contributed by atoms with Gasteiger partial charge in [0.25, 0.3) is 0 Å². The van der Waals surface area contributed by atoms with Gasteiger partial charge in [-0.1, -0.05) is 0 Å². The van der Waals surface area contributed by atoms with Crippen LogP contribution in [0.2, 0.25) is 0 Å². The van der Waals surface area contributed by atoms with Crippen LogP contribution >= 0.6 is 0 Å². The summed E-state index contributed by atoms with van der Waals surface area (Å²) >= 11 is 0. The molecule has 0 fully saturated rings. The van der Waals surface area contributed by atoms with Crippen LogP contribution < -0.4 is 44.6 Å². The zero-order valence-corrected chi connectivity index (χ0v) is 20.4. The molecule has 17 nitrogen and oxygen atoms in total. The fraction of sp³-hybridized carbons (Fsp3) is 0.650. The maximum Gasteiger partial charge on any atom is 0.326 e. The lowest BCUT2D eigenvalue weighted by Crippen LogP contribution is -2.58. The predicted octanol–water partition coefficient (Wildman–Crippen LogP) is -4.61. The number of carboxylic acids is 2. The molecule has 0 saturated heterocycles. The van der Waals surface area contributed by atoms with Crippen molar-refractivity contribution in [1.29, 1.82) is 0 Å². The predicted molar refractivity (Wildman–Crippen MR) is 130 cm³/mol. The van der Waals surface area contributed by atoms with Gasteiger partial charge < -0.3 is 54.8 Å². The second kappa shape index (κ2) is 17.4. The summed E-state index contributed by atoms with van der Waals surface area (Å²) in [6, 6.07) is -5.77. The first-order chi connectivity index (χ1) is 17.3. The van der Waals surface area contributed by atoms with Crippen molar-refractivity contribution in [2.45, 2.75) is 69.1 Å². The smallest absolute Gasteiger partial charge is 0.326 e. The third-order valence-corrected chi connectivity index (χ3v) is 4.92. The number of amides is 4. The highest BCUT2D eigenvalue weighted by Gasteiger charge is 2.32. The lowest BCUT2D eigenvalue weighted by molar-refractivity contribution is -0.144. The fourth-order valence-electron chi connectivity index (χ4n) is 3.02. The van der Waals surface area contributed by atoms with E-state index in [1.807, 2.05) is 0 Å². The largest absolute Gasteiger partial charge is 0.481 e. The molecule has 0 aromatic carbocycles. The Morgan fingerprint density at radius 3 is 1.76 bits per heavy atom. The molecule has 0 aromatic rings. The van der Waals surface area contributed by atoms with Crippen LogP contribution in [0.4, 0.5) is 0 Å². The van der Waals surface area contributed by atoms with Crippen LogP contribution in [0.3, 0.4) is 0 Å². The number of carboxylic acid groups (broad SMARTS) is 2. The second-order valence-corrected chi connectivity index (χ2v) is 8.13. The Kier molecular flexibility index (Phi) is 15.6. The molecule has 0 aliphatic rings. The Morgan fingerprint density at radius 1 is 0.730 bits per heavy atom. The molecule has 0 aliphatic carbocycles. The van der Waals surface area contributed by atoms with E-state index in [0.717, 1.165) is 0 Å². The number of hydrogen-bond acceptors (Lipinski definition) is 9. The average Bonchev–Trinajstić information content (AvgIpc) is 2.79. The molecule has 0 rings (SSSR count). The van der Waals surface area contributed by atoms with E-state index in [9.17, 15) is 33.9 Å². The van der Waals surface area contributed by atoms with Crippen molar-refractivity contribution in [1.82, 2.24) is 16.0 Å². The molecular weight excluding hydrogens is 494 g/mol. The van der Waals surface area contributed by atoms with Crippen molar-refractivity contribution in [3.8, 4) is 0 Å². The highest BCUT2D eigenvalue weighted by Crippen LogP contribution is 2.04. The number of unbranched alkanes of at least 4 members (excludes halogenated alkanes) is 1. The van der Waals surface area contributed by atoms with Crippen molar-refractivity contribution in [3.63, 3.8) is 0 Å². The molecule has 4 unspecified atom stereocenters. The van der Waals surface area contributed by atoms with Crippen molar-refractivity contribution < 1.29 is 39.0 Å². The number of aliphatic imine (C=N–C) groups is 1. The molecular formula is C20H37N9O8. The van der Waals surface area contributed by atoms with E-state index in [0.29, 0.717) is 25.8 Å². The number of carbonyl (C=O) groups excluding carboxylic acids is 4. The normalized spacial score (nSPS) is 13.8. The fourth-order valence-corrected chi connectivity index (χ4v) is 3.02. The van der Waals surface area contributed by atoms with Gasteiger partial charge in [0, 0.05) is 6.54 Å². The SMILES string of the molecule is NCCCCC(NC(=O)C(CC(=O)O)NC(=O)C(CC(N)=O)NC(=O)C(N)CCCN=C(N)N)C(=O)O. The van der Waals surface area contributed by atoms with E-state index >= 15 is 0 Å². The van der Waals surface area contributed by atoms with Gasteiger partial charge in [-0.2, -0.15) is 0 Å². The highest BCUT2D eigenvalue weighted by atomic mass is 16.4. The molecule has 17 heteroatoms. The summed E-state index contributed by atoms with van der Waals surface area (Å²) < 4.78 is 0. The topological polar surface area (TPSA) is 321 Å². The Hall–Kier alpha value is -3.99. The minimum absolute atomic E-state index is 0.0213. The average molecular weight is 532 g/mol. The van der Waals surface area contributed by atoms with Crippen LogP contribution in [0.15, 0.2) is 4.99 Å². The molecule has 210 valence electrons. The number of nitrogens with zero attached hydrogens (tertiary/aromatic N) is 1. The molecule has 37 heavy (non-hydrogen) atoms. The van der Waals surface area contributed by atoms with Gasteiger partial charge in [0.15, 0.2) is 5.96 Å². The molecule has 4 atom stereocenters. The summed E-state index contributed by atoms with van der Waals surface area (Å²) in [6.45, 7) is 0.509. The maximum atomic E-state index is 12.8. The molecule has 0 radical (unpaired) electrons. The summed E-state index contributed by atoms with van der Waals surface area (Å²) in [5.41, 5.74) is 26.7. The first kappa shape index (κ1) is 33.0.